The topological polar surface area (TPSA) is 89.5 Å². The Morgan fingerprint density at radius 1 is 0.964 bits per heavy atom. The number of nitriles is 1. The first-order valence-corrected chi connectivity index (χ1v) is 8.67. The summed E-state index contributed by atoms with van der Waals surface area (Å²) in [5.41, 5.74) is 3.01. The molecule has 0 atom stereocenters. The van der Waals surface area contributed by atoms with E-state index in [4.69, 9.17) is 10.00 Å². The van der Waals surface area contributed by atoms with Gasteiger partial charge in [0.15, 0.2) is 11.6 Å². The van der Waals surface area contributed by atoms with Crippen molar-refractivity contribution in [3.63, 3.8) is 0 Å². The molecular weight excluding hydrogens is 352 g/mol. The maximum absolute atomic E-state index is 9.14. The van der Waals surface area contributed by atoms with E-state index in [1.54, 1.807) is 35.4 Å². The minimum atomic E-state index is 0.229. The van der Waals surface area contributed by atoms with Gasteiger partial charge in [-0.25, -0.2) is 14.6 Å². The second kappa shape index (κ2) is 8.20. The number of ether oxygens (including phenoxy) is 1. The molecule has 7 heteroatoms. The molecule has 0 N–H and O–H groups in total. The lowest BCUT2D eigenvalue weighted by Crippen LogP contribution is -2.07. The molecule has 0 aliphatic carbocycles. The summed E-state index contributed by atoms with van der Waals surface area (Å²) >= 11 is 0. The second-order valence-corrected chi connectivity index (χ2v) is 6.00. The molecule has 0 aliphatic heterocycles. The molecule has 0 unspecified atom stereocenters. The lowest BCUT2D eigenvalue weighted by Gasteiger charge is -2.07. The van der Waals surface area contributed by atoms with Crippen molar-refractivity contribution < 1.29 is 4.74 Å². The number of hydrogen-bond acceptors (Lipinski definition) is 6. The van der Waals surface area contributed by atoms with Crippen LogP contribution in [0, 0.1) is 11.3 Å². The van der Waals surface area contributed by atoms with Crippen molar-refractivity contribution in [3.8, 4) is 28.8 Å². The van der Waals surface area contributed by atoms with Gasteiger partial charge in [0, 0.05) is 29.7 Å². The van der Waals surface area contributed by atoms with Gasteiger partial charge in [0.25, 0.3) is 0 Å². The Kier molecular flexibility index (Phi) is 5.13. The lowest BCUT2D eigenvalue weighted by atomic mass is 10.2. The summed E-state index contributed by atoms with van der Waals surface area (Å²) in [5, 5.41) is 13.7. The first-order chi connectivity index (χ1) is 13.8. The highest BCUT2D eigenvalue weighted by molar-refractivity contribution is 5.61. The van der Waals surface area contributed by atoms with Crippen LogP contribution in [0.15, 0.2) is 73.2 Å². The van der Waals surface area contributed by atoms with E-state index in [0.29, 0.717) is 23.9 Å². The Bertz CT molecular complexity index is 1100. The molecule has 1 aromatic carbocycles. The molecule has 28 heavy (non-hydrogen) atoms. The van der Waals surface area contributed by atoms with Crippen LogP contribution in [-0.2, 0) is 18.1 Å². The SMILES string of the molecule is N#Cc1cc(-c2nc(-c3ccncc3)nn2COCc2ccccc2)ccn1. The molecule has 3 heterocycles. The quantitative estimate of drug-likeness (QED) is 0.518. The van der Waals surface area contributed by atoms with Crippen LogP contribution in [-0.4, -0.2) is 24.7 Å². The Morgan fingerprint density at radius 2 is 1.75 bits per heavy atom. The third-order valence-electron chi connectivity index (χ3n) is 4.07. The van der Waals surface area contributed by atoms with Crippen LogP contribution >= 0.6 is 0 Å². The van der Waals surface area contributed by atoms with Crippen molar-refractivity contribution in [2.24, 2.45) is 0 Å². The Balaban J connectivity index is 1.64. The molecular formula is C21H16N6O. The van der Waals surface area contributed by atoms with Crippen molar-refractivity contribution in [1.29, 1.82) is 5.26 Å². The van der Waals surface area contributed by atoms with Gasteiger partial charge in [-0.1, -0.05) is 30.3 Å². The molecule has 0 amide bonds. The van der Waals surface area contributed by atoms with Gasteiger partial charge in [-0.3, -0.25) is 4.98 Å². The summed E-state index contributed by atoms with van der Waals surface area (Å²) < 4.78 is 7.53. The molecule has 4 rings (SSSR count). The minimum Gasteiger partial charge on any atom is -0.354 e. The minimum absolute atomic E-state index is 0.229. The number of nitrogens with zero attached hydrogens (tertiary/aromatic N) is 6. The third kappa shape index (κ3) is 3.92. The molecule has 0 bridgehead atoms. The smallest absolute Gasteiger partial charge is 0.181 e. The molecule has 136 valence electrons. The van der Waals surface area contributed by atoms with Gasteiger partial charge >= 0.3 is 0 Å². The highest BCUT2D eigenvalue weighted by Crippen LogP contribution is 2.22. The van der Waals surface area contributed by atoms with Gasteiger partial charge in [0.2, 0.25) is 0 Å². The Hall–Kier alpha value is -3.89. The van der Waals surface area contributed by atoms with E-state index in [1.165, 1.54) is 0 Å². The fourth-order valence-corrected chi connectivity index (χ4v) is 2.72. The van der Waals surface area contributed by atoms with E-state index in [1.807, 2.05) is 42.5 Å². The van der Waals surface area contributed by atoms with Gasteiger partial charge in [-0.15, -0.1) is 5.10 Å². The molecule has 4 aromatic rings. The van der Waals surface area contributed by atoms with Crippen molar-refractivity contribution in [2.75, 3.05) is 0 Å². The third-order valence-corrected chi connectivity index (χ3v) is 4.07. The fraction of sp³-hybridized carbons (Fsp3) is 0.0952. The highest BCUT2D eigenvalue weighted by Gasteiger charge is 2.14. The summed E-state index contributed by atoms with van der Waals surface area (Å²) in [6.07, 6.45) is 4.98. The first-order valence-electron chi connectivity index (χ1n) is 8.67. The molecule has 0 fully saturated rings. The predicted molar refractivity (Wildman–Crippen MR) is 102 cm³/mol. The monoisotopic (exact) mass is 368 g/mol. The summed E-state index contributed by atoms with van der Waals surface area (Å²) in [5.74, 6) is 1.18. The maximum Gasteiger partial charge on any atom is 0.181 e. The van der Waals surface area contributed by atoms with Crippen molar-refractivity contribution in [3.05, 3.63) is 84.4 Å². The lowest BCUT2D eigenvalue weighted by molar-refractivity contribution is 0.0572. The van der Waals surface area contributed by atoms with E-state index in [-0.39, 0.29) is 6.73 Å². The standard InChI is InChI=1S/C21H16N6O/c22-13-19-12-18(8-11-24-19)21-25-20(17-6-9-23-10-7-17)26-27(21)15-28-14-16-4-2-1-3-5-16/h1-12H,14-15H2. The van der Waals surface area contributed by atoms with Gasteiger partial charge < -0.3 is 4.74 Å². The van der Waals surface area contributed by atoms with Crippen LogP contribution in [0.4, 0.5) is 0 Å². The van der Waals surface area contributed by atoms with Crippen LogP contribution in [0.3, 0.4) is 0 Å². The van der Waals surface area contributed by atoms with E-state index >= 15 is 0 Å². The summed E-state index contributed by atoms with van der Waals surface area (Å²) in [6.45, 7) is 0.692. The number of rotatable bonds is 6. The van der Waals surface area contributed by atoms with E-state index in [2.05, 4.69) is 26.1 Å². The zero-order chi connectivity index (χ0) is 19.2. The number of benzene rings is 1. The normalized spacial score (nSPS) is 10.5. The maximum atomic E-state index is 9.14. The largest absolute Gasteiger partial charge is 0.354 e. The summed E-state index contributed by atoms with van der Waals surface area (Å²) in [4.78, 5) is 12.7. The van der Waals surface area contributed by atoms with Crippen LogP contribution < -0.4 is 0 Å². The molecule has 0 spiro atoms. The second-order valence-electron chi connectivity index (χ2n) is 6.00. The van der Waals surface area contributed by atoms with E-state index in [0.717, 1.165) is 16.7 Å². The van der Waals surface area contributed by atoms with Crippen molar-refractivity contribution in [1.82, 2.24) is 24.7 Å². The average Bonchev–Trinajstić information content (AvgIpc) is 3.19. The molecule has 0 radical (unpaired) electrons. The average molecular weight is 368 g/mol. The number of aromatic nitrogens is 5. The summed E-state index contributed by atoms with van der Waals surface area (Å²) in [7, 11) is 0. The van der Waals surface area contributed by atoms with Gasteiger partial charge in [0.05, 0.1) is 6.61 Å². The number of pyridine rings is 2. The Labute approximate surface area is 161 Å². The van der Waals surface area contributed by atoms with E-state index in [9.17, 15) is 0 Å². The first kappa shape index (κ1) is 17.5. The van der Waals surface area contributed by atoms with Crippen LogP contribution in [0.2, 0.25) is 0 Å². The van der Waals surface area contributed by atoms with Crippen LogP contribution in [0.25, 0.3) is 22.8 Å². The number of hydrogen-bond donors (Lipinski definition) is 0. The van der Waals surface area contributed by atoms with Gasteiger partial charge in [0.1, 0.15) is 18.5 Å². The molecule has 0 saturated heterocycles. The molecule has 7 nitrogen and oxygen atoms in total. The predicted octanol–water partition coefficient (Wildman–Crippen LogP) is 3.45. The fourth-order valence-electron chi connectivity index (χ4n) is 2.72. The molecule has 3 aromatic heterocycles. The van der Waals surface area contributed by atoms with Gasteiger partial charge in [-0.05, 0) is 29.8 Å². The summed E-state index contributed by atoms with van der Waals surface area (Å²) in [6, 6.07) is 19.2. The molecule has 0 saturated carbocycles. The molecule has 0 aliphatic rings. The zero-order valence-corrected chi connectivity index (χ0v) is 14.9. The van der Waals surface area contributed by atoms with Gasteiger partial charge in [-0.2, -0.15) is 5.26 Å². The van der Waals surface area contributed by atoms with Crippen LogP contribution in [0.5, 0.6) is 0 Å². The highest BCUT2D eigenvalue weighted by atomic mass is 16.5. The van der Waals surface area contributed by atoms with Crippen molar-refractivity contribution in [2.45, 2.75) is 13.3 Å². The van der Waals surface area contributed by atoms with Crippen LogP contribution in [0.1, 0.15) is 11.3 Å². The van der Waals surface area contributed by atoms with E-state index < -0.39 is 0 Å². The Morgan fingerprint density at radius 3 is 2.54 bits per heavy atom. The zero-order valence-electron chi connectivity index (χ0n) is 14.9. The van der Waals surface area contributed by atoms with Crippen molar-refractivity contribution >= 4 is 0 Å².